The minimum Gasteiger partial charge on any atom is -0.422 e. The first-order chi connectivity index (χ1) is 10.4. The Morgan fingerprint density at radius 3 is 2.68 bits per heavy atom. The van der Waals surface area contributed by atoms with Crippen molar-refractivity contribution in [2.75, 3.05) is 33.3 Å². The van der Waals surface area contributed by atoms with Crippen LogP contribution in [0.25, 0.3) is 0 Å². The summed E-state index contributed by atoms with van der Waals surface area (Å²) in [6.45, 7) is 10.1. The van der Waals surface area contributed by atoms with Crippen LogP contribution in [0.15, 0.2) is 4.42 Å². The molecular formula is C15H26N4O3. The zero-order valence-electron chi connectivity index (χ0n) is 14.1. The average molecular weight is 310 g/mol. The summed E-state index contributed by atoms with van der Waals surface area (Å²) >= 11 is 0. The predicted octanol–water partition coefficient (Wildman–Crippen LogP) is 1.43. The molecule has 7 heteroatoms. The normalized spacial score (nSPS) is 19.5. The van der Waals surface area contributed by atoms with Crippen molar-refractivity contribution in [1.82, 2.24) is 20.0 Å². The van der Waals surface area contributed by atoms with Gasteiger partial charge in [0.15, 0.2) is 6.10 Å². The number of aromatic nitrogens is 2. The quantitative estimate of drug-likeness (QED) is 0.819. The maximum absolute atomic E-state index is 12.4. The Bertz CT molecular complexity index is 501. The summed E-state index contributed by atoms with van der Waals surface area (Å²) in [5.74, 6) is 1.34. The van der Waals surface area contributed by atoms with Gasteiger partial charge in [-0.3, -0.25) is 9.69 Å². The molecule has 0 bridgehead atoms. The first kappa shape index (κ1) is 16.9. The summed E-state index contributed by atoms with van der Waals surface area (Å²) < 4.78 is 11.3. The van der Waals surface area contributed by atoms with Gasteiger partial charge in [-0.15, -0.1) is 10.2 Å². The second-order valence-corrected chi connectivity index (χ2v) is 6.34. The van der Waals surface area contributed by atoms with E-state index in [1.165, 1.54) is 0 Å². The Labute approximate surface area is 131 Å². The lowest BCUT2D eigenvalue weighted by Crippen LogP contribution is -2.47. The van der Waals surface area contributed by atoms with Gasteiger partial charge in [0.25, 0.3) is 0 Å². The molecule has 124 valence electrons. The lowest BCUT2D eigenvalue weighted by molar-refractivity contribution is -0.141. The number of amides is 1. The van der Waals surface area contributed by atoms with Crippen LogP contribution in [-0.2, 0) is 9.53 Å². The largest absolute Gasteiger partial charge is 0.422 e. The summed E-state index contributed by atoms with van der Waals surface area (Å²) in [5.41, 5.74) is 0. The molecule has 0 aliphatic carbocycles. The summed E-state index contributed by atoms with van der Waals surface area (Å²) in [6.07, 6.45) is -0.331. The van der Waals surface area contributed by atoms with Crippen molar-refractivity contribution < 1.29 is 13.9 Å². The molecule has 0 aromatic carbocycles. The number of likely N-dealkylation sites (N-methyl/N-ethyl adjacent to an activating group) is 1. The van der Waals surface area contributed by atoms with Gasteiger partial charge in [0.05, 0.1) is 19.7 Å². The molecule has 1 aromatic rings. The van der Waals surface area contributed by atoms with E-state index < -0.39 is 0 Å². The van der Waals surface area contributed by atoms with Crippen LogP contribution in [0.1, 0.15) is 51.5 Å². The lowest BCUT2D eigenvalue weighted by atomic mass is 10.2. The van der Waals surface area contributed by atoms with Crippen molar-refractivity contribution in [3.05, 3.63) is 11.8 Å². The van der Waals surface area contributed by atoms with Crippen LogP contribution in [0.3, 0.4) is 0 Å². The van der Waals surface area contributed by atoms with Crippen LogP contribution >= 0.6 is 0 Å². The lowest BCUT2D eigenvalue weighted by Gasteiger charge is -2.33. The van der Waals surface area contributed by atoms with Crippen molar-refractivity contribution in [1.29, 1.82) is 0 Å². The third kappa shape index (κ3) is 4.04. The number of carbonyl (C=O) groups excluding carboxylic acids is 1. The Balaban J connectivity index is 1.97. The number of carbonyl (C=O) groups is 1. The fraction of sp³-hybridized carbons (Fsp3) is 0.800. The highest BCUT2D eigenvalue weighted by molar-refractivity contribution is 5.78. The summed E-state index contributed by atoms with van der Waals surface area (Å²) in [6, 6.07) is 0.338. The molecule has 0 radical (unpaired) electrons. The van der Waals surface area contributed by atoms with E-state index in [1.807, 2.05) is 30.7 Å². The minimum atomic E-state index is -0.331. The monoisotopic (exact) mass is 310 g/mol. The zero-order valence-corrected chi connectivity index (χ0v) is 14.1. The molecule has 1 aliphatic heterocycles. The van der Waals surface area contributed by atoms with Gasteiger partial charge in [0.2, 0.25) is 17.7 Å². The average Bonchev–Trinajstić information content (AvgIpc) is 2.97. The van der Waals surface area contributed by atoms with Gasteiger partial charge in [0, 0.05) is 18.5 Å². The van der Waals surface area contributed by atoms with Crippen molar-refractivity contribution >= 4 is 5.91 Å². The standard InChI is InChI=1S/C15H26N4O3/c1-10(2)14-16-17-15(22-14)12-8-19(6-7-21-12)13(20)9-18(5)11(3)4/h10-12H,6-9H2,1-5H3/t12-/m0/s1. The van der Waals surface area contributed by atoms with Crippen molar-refractivity contribution in [3.63, 3.8) is 0 Å². The van der Waals surface area contributed by atoms with Gasteiger partial charge < -0.3 is 14.1 Å². The van der Waals surface area contributed by atoms with E-state index >= 15 is 0 Å². The molecule has 1 fully saturated rings. The smallest absolute Gasteiger partial charge is 0.247 e. The van der Waals surface area contributed by atoms with Gasteiger partial charge in [-0.1, -0.05) is 13.8 Å². The fourth-order valence-corrected chi connectivity index (χ4v) is 2.13. The third-order valence-corrected chi connectivity index (χ3v) is 3.91. The first-order valence-corrected chi connectivity index (χ1v) is 7.81. The highest BCUT2D eigenvalue weighted by Gasteiger charge is 2.29. The Hall–Kier alpha value is -1.47. The molecule has 1 aliphatic rings. The molecular weight excluding hydrogens is 284 g/mol. The SMILES string of the molecule is CC(C)c1nnc([C@@H]2CN(C(=O)CN(C)C(C)C)CCO2)o1. The third-order valence-electron chi connectivity index (χ3n) is 3.91. The summed E-state index contributed by atoms with van der Waals surface area (Å²) in [7, 11) is 1.95. The maximum atomic E-state index is 12.4. The van der Waals surface area contributed by atoms with Crippen LogP contribution in [0.5, 0.6) is 0 Å². The van der Waals surface area contributed by atoms with Gasteiger partial charge in [-0.05, 0) is 20.9 Å². The van der Waals surface area contributed by atoms with Crippen LogP contribution in [-0.4, -0.2) is 65.2 Å². The van der Waals surface area contributed by atoms with Crippen molar-refractivity contribution in [2.24, 2.45) is 0 Å². The Morgan fingerprint density at radius 1 is 1.36 bits per heavy atom. The van der Waals surface area contributed by atoms with Crippen molar-refractivity contribution in [3.8, 4) is 0 Å². The molecule has 2 rings (SSSR count). The molecule has 1 atom stereocenters. The molecule has 22 heavy (non-hydrogen) atoms. The van der Waals surface area contributed by atoms with Crippen molar-refractivity contribution in [2.45, 2.75) is 45.8 Å². The topological polar surface area (TPSA) is 71.7 Å². The maximum Gasteiger partial charge on any atom is 0.247 e. The highest BCUT2D eigenvalue weighted by Crippen LogP contribution is 2.23. The molecule has 1 amide bonds. The van der Waals surface area contributed by atoms with Gasteiger partial charge in [-0.2, -0.15) is 0 Å². The Morgan fingerprint density at radius 2 is 2.09 bits per heavy atom. The molecule has 7 nitrogen and oxygen atoms in total. The van der Waals surface area contributed by atoms with E-state index in [2.05, 4.69) is 24.0 Å². The van der Waals surface area contributed by atoms with E-state index in [9.17, 15) is 4.79 Å². The van der Waals surface area contributed by atoms with Crippen LogP contribution < -0.4 is 0 Å². The molecule has 2 heterocycles. The molecule has 0 saturated carbocycles. The highest BCUT2D eigenvalue weighted by atomic mass is 16.5. The first-order valence-electron chi connectivity index (χ1n) is 7.81. The van der Waals surface area contributed by atoms with Gasteiger partial charge in [0.1, 0.15) is 0 Å². The number of morpholine rings is 1. The second kappa shape index (κ2) is 7.19. The number of ether oxygens (including phenoxy) is 1. The second-order valence-electron chi connectivity index (χ2n) is 6.34. The zero-order chi connectivity index (χ0) is 16.3. The molecule has 0 unspecified atom stereocenters. The molecule has 0 N–H and O–H groups in total. The van der Waals surface area contributed by atoms with E-state index in [4.69, 9.17) is 9.15 Å². The van der Waals surface area contributed by atoms with Gasteiger partial charge >= 0.3 is 0 Å². The van der Waals surface area contributed by atoms with Gasteiger partial charge in [-0.25, -0.2) is 0 Å². The van der Waals surface area contributed by atoms with E-state index in [1.54, 1.807) is 0 Å². The summed E-state index contributed by atoms with van der Waals surface area (Å²) in [4.78, 5) is 16.2. The van der Waals surface area contributed by atoms with E-state index in [0.717, 1.165) is 0 Å². The predicted molar refractivity (Wildman–Crippen MR) is 81.4 cm³/mol. The fourth-order valence-electron chi connectivity index (χ4n) is 2.13. The van der Waals surface area contributed by atoms with E-state index in [-0.39, 0.29) is 17.9 Å². The van der Waals surface area contributed by atoms with Crippen LogP contribution in [0.2, 0.25) is 0 Å². The summed E-state index contributed by atoms with van der Waals surface area (Å²) in [5, 5.41) is 8.08. The molecule has 1 saturated heterocycles. The van der Waals surface area contributed by atoms with E-state index in [0.29, 0.717) is 44.1 Å². The van der Waals surface area contributed by atoms with Crippen LogP contribution in [0.4, 0.5) is 0 Å². The minimum absolute atomic E-state index is 0.105. The van der Waals surface area contributed by atoms with Crippen LogP contribution in [0, 0.1) is 0 Å². The number of hydrogen-bond donors (Lipinski definition) is 0. The molecule has 0 spiro atoms. The number of nitrogens with zero attached hydrogens (tertiary/aromatic N) is 4. The molecule has 1 aromatic heterocycles. The number of rotatable bonds is 5. The number of hydrogen-bond acceptors (Lipinski definition) is 6. The Kier molecular flexibility index (Phi) is 5.52.